The van der Waals surface area contributed by atoms with Gasteiger partial charge in [0.05, 0.1) is 5.41 Å². The summed E-state index contributed by atoms with van der Waals surface area (Å²) in [6, 6.07) is 0. The van der Waals surface area contributed by atoms with Crippen LogP contribution in [0.15, 0.2) is 0 Å². The molecule has 0 amide bonds. The molecular weight excluding hydrogens is 192 g/mol. The number of amidine groups is 1. The monoisotopic (exact) mass is 214 g/mol. The van der Waals surface area contributed by atoms with E-state index < -0.39 is 11.1 Å². The van der Waals surface area contributed by atoms with Gasteiger partial charge in [0.25, 0.3) is 5.84 Å². The molecule has 1 N–H and O–H groups in total. The van der Waals surface area contributed by atoms with Gasteiger partial charge in [0.2, 0.25) is 0 Å². The number of nitrogens with zero attached hydrogens (tertiary/aromatic N) is 2. The third-order valence-corrected chi connectivity index (χ3v) is 3.60. The standard InChI is InChI=1S/C11H22N2O2/c1-9(2,3)8-12(14)10(4,5)11(6,7)13(8)15/h14H,1-7H3. The van der Waals surface area contributed by atoms with Crippen molar-refractivity contribution in [1.29, 1.82) is 0 Å². The van der Waals surface area contributed by atoms with Crippen molar-refractivity contribution in [2.24, 2.45) is 5.41 Å². The average molecular weight is 214 g/mol. The minimum Gasteiger partial charge on any atom is -0.715 e. The van der Waals surface area contributed by atoms with Crippen LogP contribution in [-0.2, 0) is 0 Å². The van der Waals surface area contributed by atoms with Crippen LogP contribution in [0, 0.1) is 10.6 Å². The summed E-state index contributed by atoms with van der Waals surface area (Å²) in [5.41, 5.74) is -1.58. The summed E-state index contributed by atoms with van der Waals surface area (Å²) in [4.78, 5) is 0. The fourth-order valence-corrected chi connectivity index (χ4v) is 1.75. The zero-order valence-electron chi connectivity index (χ0n) is 10.7. The van der Waals surface area contributed by atoms with Gasteiger partial charge in [-0.15, -0.1) is 5.06 Å². The van der Waals surface area contributed by atoms with Crippen molar-refractivity contribution in [3.8, 4) is 0 Å². The van der Waals surface area contributed by atoms with E-state index in [0.29, 0.717) is 5.84 Å². The summed E-state index contributed by atoms with van der Waals surface area (Å²) in [6.45, 7) is 13.2. The minimum absolute atomic E-state index is 0.360. The molecule has 0 aliphatic carbocycles. The molecule has 0 unspecified atom stereocenters. The molecule has 1 heterocycles. The smallest absolute Gasteiger partial charge is 0.286 e. The summed E-state index contributed by atoms with van der Waals surface area (Å²) >= 11 is 0. The highest BCUT2D eigenvalue weighted by atomic mass is 16.5. The fourth-order valence-electron chi connectivity index (χ4n) is 1.75. The second-order valence-corrected chi connectivity index (χ2v) is 6.30. The molecular formula is C11H22N2O2. The first-order chi connectivity index (χ1) is 6.44. The highest BCUT2D eigenvalue weighted by molar-refractivity contribution is 5.84. The molecule has 15 heavy (non-hydrogen) atoms. The van der Waals surface area contributed by atoms with Crippen molar-refractivity contribution in [1.82, 2.24) is 5.06 Å². The first-order valence-corrected chi connectivity index (χ1v) is 5.28. The van der Waals surface area contributed by atoms with Gasteiger partial charge in [-0.05, 0) is 48.5 Å². The lowest BCUT2D eigenvalue weighted by Gasteiger charge is -2.33. The Labute approximate surface area is 91.7 Å². The molecule has 4 heteroatoms. The van der Waals surface area contributed by atoms with Gasteiger partial charge in [0.15, 0.2) is 5.54 Å². The van der Waals surface area contributed by atoms with Gasteiger partial charge in [-0.25, -0.2) is 5.21 Å². The maximum atomic E-state index is 12.2. The van der Waals surface area contributed by atoms with E-state index in [1.165, 1.54) is 0 Å². The van der Waals surface area contributed by atoms with Crippen LogP contribution in [0.4, 0.5) is 0 Å². The fraction of sp³-hybridized carbons (Fsp3) is 0.909. The van der Waals surface area contributed by atoms with Gasteiger partial charge >= 0.3 is 0 Å². The van der Waals surface area contributed by atoms with Gasteiger partial charge in [0.1, 0.15) is 5.54 Å². The first-order valence-electron chi connectivity index (χ1n) is 5.28. The lowest BCUT2D eigenvalue weighted by atomic mass is 9.84. The number of hydrogen-bond acceptors (Lipinski definition) is 3. The second kappa shape index (κ2) is 2.88. The summed E-state index contributed by atoms with van der Waals surface area (Å²) in [6.07, 6.45) is 0. The zero-order valence-corrected chi connectivity index (χ0v) is 10.7. The molecule has 0 aromatic heterocycles. The molecule has 0 saturated carbocycles. The van der Waals surface area contributed by atoms with Crippen molar-refractivity contribution in [2.45, 2.75) is 59.5 Å². The summed E-state index contributed by atoms with van der Waals surface area (Å²) in [5.74, 6) is 0.428. The molecule has 0 bridgehead atoms. The topological polar surface area (TPSA) is 49.5 Å². The molecule has 0 aromatic rings. The largest absolute Gasteiger partial charge is 0.715 e. The number of rotatable bonds is 0. The molecule has 0 aromatic carbocycles. The Morgan fingerprint density at radius 2 is 1.60 bits per heavy atom. The molecule has 0 fully saturated rings. The van der Waals surface area contributed by atoms with Crippen molar-refractivity contribution < 1.29 is 9.95 Å². The first kappa shape index (κ1) is 12.3. The molecule has 0 saturated heterocycles. The maximum Gasteiger partial charge on any atom is 0.286 e. The Hall–Kier alpha value is -0.770. The van der Waals surface area contributed by atoms with Crippen LogP contribution < -0.4 is 0 Å². The van der Waals surface area contributed by atoms with Crippen LogP contribution in [0.3, 0.4) is 0 Å². The van der Waals surface area contributed by atoms with Crippen molar-refractivity contribution in [2.75, 3.05) is 0 Å². The highest BCUT2D eigenvalue weighted by Gasteiger charge is 2.60. The Bertz CT molecular complexity index is 311. The van der Waals surface area contributed by atoms with Gasteiger partial charge in [-0.1, -0.05) is 0 Å². The second-order valence-electron chi connectivity index (χ2n) is 6.30. The summed E-state index contributed by atoms with van der Waals surface area (Å²) in [7, 11) is 0. The Kier molecular flexibility index (Phi) is 2.36. The molecule has 1 aliphatic heterocycles. The number of hydrogen-bond donors (Lipinski definition) is 1. The molecule has 0 atom stereocenters. The van der Waals surface area contributed by atoms with E-state index >= 15 is 0 Å². The molecule has 4 nitrogen and oxygen atoms in total. The predicted octanol–water partition coefficient (Wildman–Crippen LogP) is 2.20. The minimum atomic E-state index is -0.635. The van der Waals surface area contributed by atoms with Gasteiger partial charge in [-0.2, -0.15) is 0 Å². The van der Waals surface area contributed by atoms with Gasteiger partial charge < -0.3 is 5.21 Å². The van der Waals surface area contributed by atoms with Gasteiger partial charge in [0, 0.05) is 0 Å². The van der Waals surface area contributed by atoms with Crippen molar-refractivity contribution >= 4 is 5.84 Å². The normalized spacial score (nSPS) is 24.9. The Morgan fingerprint density at radius 1 is 1.20 bits per heavy atom. The van der Waals surface area contributed by atoms with E-state index in [2.05, 4.69) is 0 Å². The predicted molar refractivity (Wildman–Crippen MR) is 59.9 cm³/mol. The molecule has 88 valence electrons. The highest BCUT2D eigenvalue weighted by Crippen LogP contribution is 2.39. The van der Waals surface area contributed by atoms with E-state index in [0.717, 1.165) is 9.80 Å². The SMILES string of the molecule is CC(C)(C)C1=[N+]([O-])C(C)(C)C(C)(C)N1O. The van der Waals surface area contributed by atoms with E-state index in [4.69, 9.17) is 0 Å². The van der Waals surface area contributed by atoms with Crippen molar-refractivity contribution in [3.05, 3.63) is 5.21 Å². The van der Waals surface area contributed by atoms with Gasteiger partial charge in [-0.3, -0.25) is 4.74 Å². The maximum absolute atomic E-state index is 12.2. The van der Waals surface area contributed by atoms with E-state index in [9.17, 15) is 10.4 Å². The van der Waals surface area contributed by atoms with Crippen LogP contribution in [0.25, 0.3) is 0 Å². The van der Waals surface area contributed by atoms with Crippen molar-refractivity contribution in [3.63, 3.8) is 0 Å². The lowest BCUT2D eigenvalue weighted by molar-refractivity contribution is -0.542. The third-order valence-electron chi connectivity index (χ3n) is 3.60. The van der Waals surface area contributed by atoms with Crippen LogP contribution in [-0.4, -0.2) is 31.9 Å². The number of hydroxylamine groups is 3. The quantitative estimate of drug-likeness (QED) is 0.497. The van der Waals surface area contributed by atoms with E-state index in [1.54, 1.807) is 0 Å². The molecule has 1 aliphatic rings. The molecule has 0 radical (unpaired) electrons. The summed E-state index contributed by atoms with van der Waals surface area (Å²) in [5, 5.41) is 23.4. The van der Waals surface area contributed by atoms with Crippen LogP contribution in [0.2, 0.25) is 0 Å². The summed E-state index contributed by atoms with van der Waals surface area (Å²) < 4.78 is 0.938. The third kappa shape index (κ3) is 1.42. The van der Waals surface area contributed by atoms with Crippen LogP contribution in [0.1, 0.15) is 48.5 Å². The Balaban J connectivity index is 3.37. The lowest BCUT2D eigenvalue weighted by Crippen LogP contribution is -2.54. The Morgan fingerprint density at radius 3 is 1.73 bits per heavy atom. The molecule has 1 rings (SSSR count). The van der Waals surface area contributed by atoms with Crippen LogP contribution >= 0.6 is 0 Å². The van der Waals surface area contributed by atoms with E-state index in [-0.39, 0.29) is 5.41 Å². The van der Waals surface area contributed by atoms with Crippen LogP contribution in [0.5, 0.6) is 0 Å². The zero-order chi connectivity index (χ0) is 12.2. The van der Waals surface area contributed by atoms with E-state index in [1.807, 2.05) is 48.5 Å². The average Bonchev–Trinajstić information content (AvgIpc) is 2.10. The molecule has 0 spiro atoms.